The standard InChI is InChI=1S/Mo.6Na.H3O4P.7O.V/c;;;;;;;1-5(2,3)4;;;;;;;;/h;;;;;;;(H3,1,2,3,4);;;;;;;;/q;6*+1;;;;;;3*-1;/p-3. The Bertz CT molecular complexity index is 320. The zero-order valence-electron chi connectivity index (χ0n) is 11.8. The molecule has 0 aromatic carbocycles. The van der Waals surface area contributed by atoms with E-state index < -0.39 is 40.0 Å². The van der Waals surface area contributed by atoms with E-state index in [1.807, 2.05) is 0 Å². The van der Waals surface area contributed by atoms with Crippen molar-refractivity contribution < 1.29 is 254 Å². The number of hydrogen-bond acceptors (Lipinski definition) is 11. The van der Waals surface area contributed by atoms with E-state index in [-0.39, 0.29) is 177 Å². The normalized spacial score (nSPS) is 7.10. The average Bonchev–Trinajstić information content (AvgIpc) is 1.45. The fourth-order valence-corrected chi connectivity index (χ4v) is 0. The molecule has 0 aromatic heterocycles. The second-order valence-electron chi connectivity index (χ2n) is 1.08. The monoisotopic (exact) mass is 494 g/mol. The first-order valence-corrected chi connectivity index (χ1v) is 8.39. The number of rotatable bonds is 0. The second kappa shape index (κ2) is 33.1. The average molecular weight is 492 g/mol. The molecule has 0 atom stereocenters. The molecule has 0 saturated heterocycles. The van der Waals surface area contributed by atoms with Gasteiger partial charge in [-0.1, -0.05) is 0 Å². The SMILES string of the molecule is O=P([O-])([O-])[O-].[Na+].[Na+].[Na+].[Na+].[Na+].[Na+].[O]=[Mo](=[O])([O-])[O-].[O]=[V](=[O])[O-]. The Hall–Kier alpha value is 6.46. The first-order chi connectivity index (χ1) is 5.73. The van der Waals surface area contributed by atoms with Gasteiger partial charge in [0, 0.05) is 0 Å². The Morgan fingerprint density at radius 2 is 0.750 bits per heavy atom. The Kier molecular flexibility index (Phi) is 93.1. The van der Waals surface area contributed by atoms with Crippen molar-refractivity contribution >= 4 is 7.82 Å². The molecule has 11 nitrogen and oxygen atoms in total. The van der Waals surface area contributed by atoms with Gasteiger partial charge in [0.05, 0.1) is 0 Å². The van der Waals surface area contributed by atoms with Gasteiger partial charge < -0.3 is 19.2 Å². The van der Waals surface area contributed by atoms with Crippen LogP contribution in [0, 0.1) is 0 Å². The molecule has 0 aromatic rings. The number of hydrogen-bond donors (Lipinski definition) is 0. The molecular formula is MoNa6O11PV. The second-order valence-corrected chi connectivity index (χ2v) is 4.68. The van der Waals surface area contributed by atoms with Crippen LogP contribution in [0.2, 0.25) is 0 Å². The maximum atomic E-state index is 8.63. The molecule has 0 spiro atoms. The van der Waals surface area contributed by atoms with Gasteiger partial charge in [0.25, 0.3) is 0 Å². The van der Waals surface area contributed by atoms with Crippen molar-refractivity contribution in [3.8, 4) is 0 Å². The van der Waals surface area contributed by atoms with E-state index in [1.54, 1.807) is 0 Å². The van der Waals surface area contributed by atoms with Crippen LogP contribution in [0.3, 0.4) is 0 Å². The Labute approximate surface area is 255 Å². The molecule has 20 heavy (non-hydrogen) atoms. The molecule has 88 valence electrons. The van der Waals surface area contributed by atoms with Crippen molar-refractivity contribution in [1.29, 1.82) is 0 Å². The van der Waals surface area contributed by atoms with E-state index in [2.05, 4.69) is 0 Å². The molecule has 0 amide bonds. The Balaban J connectivity index is -0.0000000113. The third-order valence-electron chi connectivity index (χ3n) is 0. The summed E-state index contributed by atoms with van der Waals surface area (Å²) in [6, 6.07) is 0. The Morgan fingerprint density at radius 1 is 0.750 bits per heavy atom. The molecule has 0 saturated carbocycles. The van der Waals surface area contributed by atoms with Crippen molar-refractivity contribution in [3.63, 3.8) is 0 Å². The minimum atomic E-state index is -6.02. The van der Waals surface area contributed by atoms with Crippen molar-refractivity contribution in [2.24, 2.45) is 0 Å². The quantitative estimate of drug-likeness (QED) is 0.228. The van der Waals surface area contributed by atoms with Crippen LogP contribution in [0.15, 0.2) is 0 Å². The van der Waals surface area contributed by atoms with Gasteiger partial charge in [-0.3, -0.25) is 0 Å². The van der Waals surface area contributed by atoms with Crippen LogP contribution >= 0.6 is 7.82 Å². The molecule has 0 N–H and O–H groups in total. The summed E-state index contributed by atoms with van der Waals surface area (Å²) in [6.07, 6.45) is 0. The van der Waals surface area contributed by atoms with E-state index in [0.29, 0.717) is 0 Å². The summed E-state index contributed by atoms with van der Waals surface area (Å²) in [5.41, 5.74) is 0. The van der Waals surface area contributed by atoms with Gasteiger partial charge in [0.1, 0.15) is 0 Å². The van der Waals surface area contributed by atoms with Crippen LogP contribution in [0.1, 0.15) is 0 Å². The van der Waals surface area contributed by atoms with Crippen molar-refractivity contribution in [1.82, 2.24) is 0 Å². The molecule has 0 radical (unpaired) electrons. The van der Waals surface area contributed by atoms with Gasteiger partial charge in [-0.15, -0.1) is 0 Å². The van der Waals surface area contributed by atoms with Crippen LogP contribution in [0.5, 0.6) is 0 Å². The molecule has 0 bridgehead atoms. The molecular weight excluding hydrogens is 492 g/mol. The summed E-state index contributed by atoms with van der Waals surface area (Å²) in [5, 5.41) is 0. The summed E-state index contributed by atoms with van der Waals surface area (Å²) in [4.78, 5) is 25.6. The molecule has 0 heterocycles. The molecule has 0 unspecified atom stereocenters. The summed E-state index contributed by atoms with van der Waals surface area (Å²) in [7, 11) is -5.39. The van der Waals surface area contributed by atoms with E-state index in [0.717, 1.165) is 0 Å². The van der Waals surface area contributed by atoms with Crippen LogP contribution in [-0.2, 0) is 50.9 Å². The van der Waals surface area contributed by atoms with Gasteiger partial charge in [-0.05, 0) is 0 Å². The van der Waals surface area contributed by atoms with Crippen molar-refractivity contribution in [3.05, 3.63) is 0 Å². The zero-order valence-corrected chi connectivity index (χ0v) is 28.1. The van der Waals surface area contributed by atoms with Crippen LogP contribution in [0.25, 0.3) is 0 Å². The van der Waals surface area contributed by atoms with Crippen molar-refractivity contribution in [2.45, 2.75) is 0 Å². The van der Waals surface area contributed by atoms with E-state index >= 15 is 0 Å². The molecule has 0 rings (SSSR count). The molecule has 0 aliphatic heterocycles. The minimum absolute atomic E-state index is 0. The first kappa shape index (κ1) is 56.3. The predicted molar refractivity (Wildman–Crippen MR) is 10.4 cm³/mol. The van der Waals surface area contributed by atoms with Crippen molar-refractivity contribution in [2.75, 3.05) is 0 Å². The summed E-state index contributed by atoms with van der Waals surface area (Å²) >= 11 is -9.96. The van der Waals surface area contributed by atoms with Crippen LogP contribution in [0.4, 0.5) is 0 Å². The van der Waals surface area contributed by atoms with E-state index in [1.165, 1.54) is 0 Å². The van der Waals surface area contributed by atoms with Gasteiger partial charge in [-0.25, -0.2) is 0 Å². The Morgan fingerprint density at radius 3 is 0.750 bits per heavy atom. The maximum absolute atomic E-state index is 8.63. The topological polar surface area (TPSA) is 224 Å². The predicted octanol–water partition coefficient (Wildman–Crippen LogP) is -24.8. The fourth-order valence-electron chi connectivity index (χ4n) is 0. The van der Waals surface area contributed by atoms with E-state index in [4.69, 9.17) is 44.9 Å². The van der Waals surface area contributed by atoms with E-state index in [9.17, 15) is 0 Å². The molecule has 0 fully saturated rings. The number of phosphoric acid groups is 1. The van der Waals surface area contributed by atoms with Crippen LogP contribution in [-0.4, -0.2) is 0 Å². The summed E-state index contributed by atoms with van der Waals surface area (Å²) < 4.78 is 68.7. The van der Waals surface area contributed by atoms with Gasteiger partial charge in [-0.2, -0.15) is 7.82 Å². The third kappa shape index (κ3) is 322. The fraction of sp³-hybridized carbons (Fsp3) is 0. The first-order valence-electron chi connectivity index (χ1n) is 1.94. The molecule has 0 aliphatic rings. The molecule has 20 heteroatoms. The summed E-state index contributed by atoms with van der Waals surface area (Å²) in [5.74, 6) is 0. The summed E-state index contributed by atoms with van der Waals surface area (Å²) in [6.45, 7) is 0. The van der Waals surface area contributed by atoms with Gasteiger partial charge >= 0.3 is 235 Å². The van der Waals surface area contributed by atoms with Gasteiger partial charge in [0.2, 0.25) is 0 Å². The van der Waals surface area contributed by atoms with Crippen LogP contribution < -0.4 is 204 Å². The molecule has 0 aliphatic carbocycles. The third-order valence-corrected chi connectivity index (χ3v) is 0. The zero-order chi connectivity index (χ0) is 12.6. The van der Waals surface area contributed by atoms with Gasteiger partial charge in [0.15, 0.2) is 0 Å².